The van der Waals surface area contributed by atoms with E-state index in [9.17, 15) is 17.8 Å². The zero-order valence-electron chi connectivity index (χ0n) is 25.2. The molecule has 0 fully saturated rings. The minimum Gasteiger partial charge on any atom is -0.744 e. The Morgan fingerprint density at radius 3 is 1.95 bits per heavy atom. The van der Waals surface area contributed by atoms with Crippen molar-refractivity contribution in [1.29, 1.82) is 0 Å². The maximum absolute atomic E-state index is 10.6. The van der Waals surface area contributed by atoms with Crippen LogP contribution in [0.15, 0.2) is 78.2 Å². The molecule has 3 rings (SSSR count). The first-order chi connectivity index (χ1) is 19.0. The third kappa shape index (κ3) is 13.6. The standard InChI is InChI=1S/C22H30N2O2.C10H14O3S.Na/c1-3-19(17-18(2)20-8-12-23-13-9-20)21-10-15-24(16-11-21)14-6-4-5-7-22(25)26;1-3-8(2)9-4-6-10(7-5-9)14(11,12)13;/h8-13,15-16,18-19H,3-7,14,17H2,1-2H3;4-8H,3H2,1-2H3,(H,11,12,13);/q;;+1. The molecule has 0 amide bonds. The third-order valence-electron chi connectivity index (χ3n) is 7.45. The fraction of sp³-hybridized carbons (Fsp3) is 0.469. The van der Waals surface area contributed by atoms with Crippen LogP contribution >= 0.6 is 0 Å². The van der Waals surface area contributed by atoms with Gasteiger partial charge in [-0.15, -0.1) is 0 Å². The zero-order chi connectivity index (χ0) is 29.5. The SMILES string of the molecule is CCC(C)c1ccc(S(=O)(=O)[O-])cc1.CCC(CC(C)c1ccncc1)c1cc[n+](CCCCCC(=O)O)cc1.[Na+]. The molecule has 1 aromatic carbocycles. The molecule has 0 aliphatic rings. The first-order valence-corrected chi connectivity index (χ1v) is 15.6. The average molecular weight is 592 g/mol. The fourth-order valence-corrected chi connectivity index (χ4v) is 5.10. The topological polar surface area (TPSA) is 111 Å². The van der Waals surface area contributed by atoms with E-state index in [4.69, 9.17) is 5.11 Å². The van der Waals surface area contributed by atoms with Gasteiger partial charge in [-0.25, -0.2) is 13.0 Å². The van der Waals surface area contributed by atoms with Gasteiger partial charge < -0.3 is 9.66 Å². The van der Waals surface area contributed by atoms with Crippen LogP contribution in [-0.4, -0.2) is 29.0 Å². The van der Waals surface area contributed by atoms with Crippen molar-refractivity contribution in [3.05, 3.63) is 90.0 Å². The van der Waals surface area contributed by atoms with Crippen LogP contribution in [0.2, 0.25) is 0 Å². The predicted molar refractivity (Wildman–Crippen MR) is 156 cm³/mol. The van der Waals surface area contributed by atoms with Gasteiger partial charge in [0.2, 0.25) is 0 Å². The summed E-state index contributed by atoms with van der Waals surface area (Å²) in [6, 6.07) is 14.8. The number of aryl methyl sites for hydroxylation is 1. The van der Waals surface area contributed by atoms with Crippen LogP contribution in [0.5, 0.6) is 0 Å². The first-order valence-electron chi connectivity index (χ1n) is 14.2. The second-order valence-corrected chi connectivity index (χ2v) is 11.8. The quantitative estimate of drug-likeness (QED) is 0.132. The van der Waals surface area contributed by atoms with Gasteiger partial charge in [0.05, 0.1) is 4.90 Å². The van der Waals surface area contributed by atoms with Crippen LogP contribution in [0.3, 0.4) is 0 Å². The Morgan fingerprint density at radius 1 is 0.854 bits per heavy atom. The molecule has 0 aliphatic heterocycles. The van der Waals surface area contributed by atoms with Gasteiger partial charge in [0.25, 0.3) is 0 Å². The Kier molecular flexibility index (Phi) is 17.3. The van der Waals surface area contributed by atoms with E-state index in [2.05, 4.69) is 73.9 Å². The minimum absolute atomic E-state index is 0. The molecular weight excluding hydrogens is 547 g/mol. The van der Waals surface area contributed by atoms with Gasteiger partial charge in [-0.3, -0.25) is 9.78 Å². The summed E-state index contributed by atoms with van der Waals surface area (Å²) in [6.07, 6.45) is 14.3. The van der Waals surface area contributed by atoms with Crippen molar-refractivity contribution >= 4 is 16.1 Å². The normalized spacial score (nSPS) is 13.2. The van der Waals surface area contributed by atoms with E-state index in [1.807, 2.05) is 12.4 Å². The summed E-state index contributed by atoms with van der Waals surface area (Å²) in [4.78, 5) is 14.5. The second-order valence-electron chi connectivity index (χ2n) is 10.4. The Bertz CT molecular complexity index is 1250. The van der Waals surface area contributed by atoms with E-state index in [1.165, 1.54) is 23.3 Å². The van der Waals surface area contributed by atoms with Crippen LogP contribution in [0.25, 0.3) is 0 Å². The molecule has 9 heteroatoms. The van der Waals surface area contributed by atoms with Gasteiger partial charge >= 0.3 is 35.5 Å². The molecule has 3 unspecified atom stereocenters. The summed E-state index contributed by atoms with van der Waals surface area (Å²) in [5.74, 6) is 0.764. The third-order valence-corrected chi connectivity index (χ3v) is 8.30. The largest absolute Gasteiger partial charge is 1.00 e. The summed E-state index contributed by atoms with van der Waals surface area (Å²) in [5, 5.41) is 8.66. The number of nitrogens with zero attached hydrogens (tertiary/aromatic N) is 2. The van der Waals surface area contributed by atoms with E-state index in [-0.39, 0.29) is 40.9 Å². The molecule has 0 radical (unpaired) electrons. The number of pyridine rings is 2. The van der Waals surface area contributed by atoms with Gasteiger partial charge in [0.15, 0.2) is 12.4 Å². The maximum atomic E-state index is 10.6. The number of carbonyl (C=O) groups is 1. The van der Waals surface area contributed by atoms with E-state index in [0.717, 1.165) is 50.6 Å². The summed E-state index contributed by atoms with van der Waals surface area (Å²) < 4.78 is 34.1. The number of hydrogen-bond donors (Lipinski definition) is 1. The van der Waals surface area contributed by atoms with Crippen LogP contribution < -0.4 is 34.1 Å². The van der Waals surface area contributed by atoms with Crippen LogP contribution in [-0.2, 0) is 21.5 Å². The number of benzene rings is 1. The molecule has 2 heterocycles. The molecule has 218 valence electrons. The molecule has 3 aromatic rings. The molecule has 7 nitrogen and oxygen atoms in total. The van der Waals surface area contributed by atoms with Crippen LogP contribution in [0, 0.1) is 0 Å². The van der Waals surface area contributed by atoms with Crippen molar-refractivity contribution in [2.45, 2.75) is 102 Å². The first kappa shape index (κ1) is 36.9. The monoisotopic (exact) mass is 591 g/mol. The summed E-state index contributed by atoms with van der Waals surface area (Å²) in [7, 11) is -4.30. The predicted octanol–water partition coefficient (Wildman–Crippen LogP) is 3.81. The fourth-order valence-electron chi connectivity index (χ4n) is 4.63. The van der Waals surface area contributed by atoms with Gasteiger partial charge in [0.1, 0.15) is 16.7 Å². The van der Waals surface area contributed by atoms with E-state index >= 15 is 0 Å². The summed E-state index contributed by atoms with van der Waals surface area (Å²) in [5.41, 5.74) is 3.81. The number of aromatic nitrogens is 2. The van der Waals surface area contributed by atoms with Gasteiger partial charge in [-0.2, -0.15) is 0 Å². The number of carboxylic acids is 1. The molecule has 1 N–H and O–H groups in total. The molecule has 0 saturated heterocycles. The van der Waals surface area contributed by atoms with Crippen LogP contribution in [0.1, 0.15) is 107 Å². The van der Waals surface area contributed by atoms with E-state index in [0.29, 0.717) is 17.8 Å². The van der Waals surface area contributed by atoms with Crippen molar-refractivity contribution in [3.63, 3.8) is 0 Å². The summed E-state index contributed by atoms with van der Waals surface area (Å²) >= 11 is 0. The van der Waals surface area contributed by atoms with Crippen LogP contribution in [0.4, 0.5) is 0 Å². The smallest absolute Gasteiger partial charge is 0.744 e. The maximum Gasteiger partial charge on any atom is 1.00 e. The van der Waals surface area contributed by atoms with Crippen molar-refractivity contribution in [2.24, 2.45) is 0 Å². The van der Waals surface area contributed by atoms with Crippen molar-refractivity contribution in [3.8, 4) is 0 Å². The Balaban J connectivity index is 0.000000475. The number of carboxylic acid groups (broad SMARTS) is 1. The zero-order valence-corrected chi connectivity index (χ0v) is 28.0. The minimum atomic E-state index is -4.30. The van der Waals surface area contributed by atoms with Gasteiger partial charge in [-0.05, 0) is 90.8 Å². The number of hydrogen-bond acceptors (Lipinski definition) is 5. The van der Waals surface area contributed by atoms with E-state index < -0.39 is 16.1 Å². The molecular formula is C32H44N2NaO5S+. The molecule has 3 atom stereocenters. The molecule has 2 aromatic heterocycles. The number of aliphatic carboxylic acids is 1. The molecule has 0 bridgehead atoms. The second kappa shape index (κ2) is 19.2. The molecule has 0 saturated carbocycles. The van der Waals surface area contributed by atoms with E-state index in [1.54, 1.807) is 12.1 Å². The van der Waals surface area contributed by atoms with Crippen molar-refractivity contribution in [1.82, 2.24) is 4.98 Å². The van der Waals surface area contributed by atoms with Crippen molar-refractivity contribution < 1.29 is 57.0 Å². The molecule has 41 heavy (non-hydrogen) atoms. The van der Waals surface area contributed by atoms with Crippen molar-refractivity contribution in [2.75, 3.05) is 0 Å². The molecule has 0 aliphatic carbocycles. The van der Waals surface area contributed by atoms with Gasteiger partial charge in [0, 0.05) is 37.4 Å². The number of rotatable bonds is 14. The number of unbranched alkanes of at least 4 members (excludes halogenated alkanes) is 2. The Morgan fingerprint density at radius 2 is 1.44 bits per heavy atom. The van der Waals surface area contributed by atoms with Gasteiger partial charge in [-0.1, -0.05) is 39.8 Å². The summed E-state index contributed by atoms with van der Waals surface area (Å²) in [6.45, 7) is 9.61. The molecule has 0 spiro atoms. The Hall–Kier alpha value is -2.10. The Labute approximate surface area is 268 Å². The average Bonchev–Trinajstić information content (AvgIpc) is 2.96.